The maximum absolute atomic E-state index is 11.2. The molecule has 0 radical (unpaired) electrons. The van der Waals surface area contributed by atoms with Crippen molar-refractivity contribution >= 4 is 20.2 Å². The van der Waals surface area contributed by atoms with Crippen LogP contribution in [0.1, 0.15) is 1.43 Å². The zero-order valence-corrected chi connectivity index (χ0v) is 15.0. The van der Waals surface area contributed by atoms with E-state index >= 15 is 0 Å². The molecule has 0 saturated carbocycles. The molecule has 0 aliphatic carbocycles. The van der Waals surface area contributed by atoms with Gasteiger partial charge in [-0.05, 0) is 24.3 Å². The van der Waals surface area contributed by atoms with E-state index in [2.05, 4.69) is 0 Å². The normalized spacial score (nSPS) is 11.5. The quantitative estimate of drug-likeness (QED) is 0.539. The molecule has 2 aromatic carbocycles. The second-order valence-corrected chi connectivity index (χ2v) is 6.73. The number of ether oxygens (including phenoxy) is 1. The number of hydrogen-bond donors (Lipinski definition) is 2. The molecule has 22 heavy (non-hydrogen) atoms. The minimum Gasteiger partial charge on any atom is -1.00 e. The Morgan fingerprint density at radius 2 is 1.05 bits per heavy atom. The Labute approximate surface area is 151 Å². The first kappa shape index (κ1) is 19.1. The SMILES string of the molecule is O=S(=O)(O)c1ccccc1Oc1ccccc1S(=O)(=O)O.[H-].[Na+]. The fraction of sp³-hybridized carbons (Fsp3) is 0. The number of benzene rings is 2. The van der Waals surface area contributed by atoms with Crippen LogP contribution in [0.2, 0.25) is 0 Å². The first-order chi connectivity index (χ1) is 9.69. The van der Waals surface area contributed by atoms with Gasteiger partial charge in [-0.2, -0.15) is 16.8 Å². The Morgan fingerprint density at radius 3 is 1.36 bits per heavy atom. The van der Waals surface area contributed by atoms with Crippen LogP contribution in [0.4, 0.5) is 0 Å². The average molecular weight is 354 g/mol. The monoisotopic (exact) mass is 354 g/mol. The summed E-state index contributed by atoms with van der Waals surface area (Å²) in [4.78, 5) is -1.04. The van der Waals surface area contributed by atoms with Crippen molar-refractivity contribution in [2.75, 3.05) is 0 Å². The molecule has 0 atom stereocenters. The summed E-state index contributed by atoms with van der Waals surface area (Å²) in [6.45, 7) is 0. The topological polar surface area (TPSA) is 118 Å². The third kappa shape index (κ3) is 4.53. The van der Waals surface area contributed by atoms with Gasteiger partial charge in [0, 0.05) is 0 Å². The van der Waals surface area contributed by atoms with Gasteiger partial charge in [-0.3, -0.25) is 9.11 Å². The van der Waals surface area contributed by atoms with Crippen molar-refractivity contribution in [2.45, 2.75) is 9.79 Å². The molecule has 0 unspecified atom stereocenters. The van der Waals surface area contributed by atoms with Gasteiger partial charge in [-0.1, -0.05) is 24.3 Å². The van der Waals surface area contributed by atoms with E-state index in [0.29, 0.717) is 0 Å². The van der Waals surface area contributed by atoms with Gasteiger partial charge in [-0.15, -0.1) is 0 Å². The van der Waals surface area contributed by atoms with Crippen molar-refractivity contribution in [3.63, 3.8) is 0 Å². The number of para-hydroxylation sites is 2. The van der Waals surface area contributed by atoms with E-state index in [9.17, 15) is 16.8 Å². The second-order valence-electron chi connectivity index (χ2n) is 3.95. The Kier molecular flexibility index (Phi) is 6.16. The van der Waals surface area contributed by atoms with Crippen molar-refractivity contribution in [3.05, 3.63) is 48.5 Å². The van der Waals surface area contributed by atoms with Gasteiger partial charge in [0.05, 0.1) is 0 Å². The summed E-state index contributed by atoms with van der Waals surface area (Å²) < 4.78 is 68.4. The summed E-state index contributed by atoms with van der Waals surface area (Å²) >= 11 is 0. The molecular formula is C12H11NaO7S2. The standard InChI is InChI=1S/C12H10O7S2.Na.H/c13-20(14,15)11-7-3-1-5-9(11)19-10-6-2-4-8-12(10)21(16,17)18;;/h1-8H,(H,13,14,15)(H,16,17,18);;/q;+1;-1. The van der Waals surface area contributed by atoms with E-state index in [4.69, 9.17) is 13.8 Å². The molecule has 0 bridgehead atoms. The van der Waals surface area contributed by atoms with Gasteiger partial charge in [-0.25, -0.2) is 0 Å². The van der Waals surface area contributed by atoms with Crippen LogP contribution in [0, 0.1) is 0 Å². The molecule has 114 valence electrons. The van der Waals surface area contributed by atoms with Crippen LogP contribution in [0.25, 0.3) is 0 Å². The Morgan fingerprint density at radius 1 is 0.727 bits per heavy atom. The summed E-state index contributed by atoms with van der Waals surface area (Å²) in [5.41, 5.74) is 0. The molecule has 0 aliphatic heterocycles. The molecule has 2 aromatic rings. The largest absolute Gasteiger partial charge is 1.00 e. The van der Waals surface area contributed by atoms with E-state index in [1.54, 1.807) is 0 Å². The smallest absolute Gasteiger partial charge is 1.00 e. The zero-order valence-electron chi connectivity index (χ0n) is 12.4. The fourth-order valence-corrected chi connectivity index (χ4v) is 2.84. The maximum Gasteiger partial charge on any atom is 1.00 e. The maximum atomic E-state index is 11.2. The third-order valence-corrected chi connectivity index (χ3v) is 4.26. The third-order valence-electron chi connectivity index (χ3n) is 2.47. The molecule has 0 aliphatic rings. The van der Waals surface area contributed by atoms with Crippen molar-refractivity contribution in [1.29, 1.82) is 0 Å². The van der Waals surface area contributed by atoms with Crippen LogP contribution in [0.3, 0.4) is 0 Å². The van der Waals surface area contributed by atoms with E-state index < -0.39 is 30.0 Å². The molecular weight excluding hydrogens is 343 g/mol. The molecule has 2 rings (SSSR count). The van der Waals surface area contributed by atoms with Crippen molar-refractivity contribution in [2.24, 2.45) is 0 Å². The van der Waals surface area contributed by atoms with Crippen LogP contribution < -0.4 is 34.3 Å². The van der Waals surface area contributed by atoms with Gasteiger partial charge in [0.25, 0.3) is 20.2 Å². The van der Waals surface area contributed by atoms with Gasteiger partial charge in [0.2, 0.25) is 0 Å². The van der Waals surface area contributed by atoms with Gasteiger partial charge in [0.15, 0.2) is 0 Å². The molecule has 0 fully saturated rings. The molecule has 2 N–H and O–H groups in total. The van der Waals surface area contributed by atoms with E-state index in [1.165, 1.54) is 36.4 Å². The minimum absolute atomic E-state index is 0. The van der Waals surface area contributed by atoms with Gasteiger partial charge < -0.3 is 6.16 Å². The Hall–Kier alpha value is -0.940. The van der Waals surface area contributed by atoms with Crippen LogP contribution in [0.15, 0.2) is 58.3 Å². The summed E-state index contributed by atoms with van der Waals surface area (Å²) in [6.07, 6.45) is 0. The van der Waals surface area contributed by atoms with Gasteiger partial charge in [0.1, 0.15) is 21.3 Å². The van der Waals surface area contributed by atoms with E-state index in [0.717, 1.165) is 12.1 Å². The van der Waals surface area contributed by atoms with E-state index in [1.807, 2.05) is 0 Å². The van der Waals surface area contributed by atoms with Crippen LogP contribution >= 0.6 is 0 Å². The summed E-state index contributed by atoms with van der Waals surface area (Å²) in [5, 5.41) is 0. The average Bonchev–Trinajstić information content (AvgIpc) is 2.37. The van der Waals surface area contributed by atoms with Gasteiger partial charge >= 0.3 is 29.6 Å². The van der Waals surface area contributed by atoms with Crippen molar-refractivity contribution in [1.82, 2.24) is 0 Å². The predicted molar refractivity (Wildman–Crippen MR) is 73.7 cm³/mol. The molecule has 0 amide bonds. The summed E-state index contributed by atoms with van der Waals surface area (Å²) in [7, 11) is -9.08. The zero-order chi connectivity index (χ0) is 15.7. The first-order valence-corrected chi connectivity index (χ1v) is 8.38. The molecule has 0 aromatic heterocycles. The Balaban J connectivity index is 0.00000242. The van der Waals surface area contributed by atoms with Crippen LogP contribution in [0.5, 0.6) is 11.5 Å². The first-order valence-electron chi connectivity index (χ1n) is 5.50. The molecule has 0 spiro atoms. The fourth-order valence-electron chi connectivity index (χ4n) is 1.61. The number of hydrogen-bond acceptors (Lipinski definition) is 5. The second kappa shape index (κ2) is 7.09. The summed E-state index contributed by atoms with van der Waals surface area (Å²) in [5.74, 6) is -0.535. The molecule has 10 heteroatoms. The molecule has 0 heterocycles. The minimum atomic E-state index is -4.54. The van der Waals surface area contributed by atoms with Crippen LogP contribution in [-0.4, -0.2) is 25.9 Å². The van der Waals surface area contributed by atoms with E-state index in [-0.39, 0.29) is 42.5 Å². The van der Waals surface area contributed by atoms with Crippen molar-refractivity contribution < 1.29 is 61.7 Å². The molecule has 0 saturated heterocycles. The summed E-state index contributed by atoms with van der Waals surface area (Å²) in [6, 6.07) is 10.3. The number of rotatable bonds is 4. The predicted octanol–water partition coefficient (Wildman–Crippen LogP) is -0.911. The van der Waals surface area contributed by atoms with Crippen molar-refractivity contribution in [3.8, 4) is 11.5 Å². The van der Waals surface area contributed by atoms with Crippen LogP contribution in [-0.2, 0) is 20.2 Å². The molecule has 7 nitrogen and oxygen atoms in total. The Bertz CT molecular complexity index is 808.